The van der Waals surface area contributed by atoms with Crippen LogP contribution in [0.5, 0.6) is 0 Å². The zero-order valence-corrected chi connectivity index (χ0v) is 17.4. The average molecular weight is 469 g/mol. The van der Waals surface area contributed by atoms with Gasteiger partial charge in [-0.3, -0.25) is 4.79 Å². The Kier molecular flexibility index (Phi) is 7.00. The summed E-state index contributed by atoms with van der Waals surface area (Å²) in [6.07, 6.45) is -11.8. The number of hydrogen-bond donors (Lipinski definition) is 7. The molecule has 1 aromatic heterocycles. The Morgan fingerprint density at radius 3 is 2.48 bits per heavy atom. The highest BCUT2D eigenvalue weighted by Crippen LogP contribution is 2.35. The van der Waals surface area contributed by atoms with Crippen LogP contribution in [0.3, 0.4) is 0 Å². The summed E-state index contributed by atoms with van der Waals surface area (Å²) in [4.78, 5) is 11.3. The molecule has 0 aliphatic carbocycles. The van der Waals surface area contributed by atoms with Gasteiger partial charge in [0.05, 0.1) is 25.2 Å². The molecule has 2 aromatic rings. The molecule has 2 aliphatic rings. The van der Waals surface area contributed by atoms with Crippen molar-refractivity contribution in [3.63, 3.8) is 0 Å². The van der Waals surface area contributed by atoms with Crippen LogP contribution in [0.15, 0.2) is 30.5 Å². The second-order valence-electron chi connectivity index (χ2n) is 8.23. The molecule has 2 aliphatic heterocycles. The summed E-state index contributed by atoms with van der Waals surface area (Å²) < 4.78 is 18.4. The number of hydrogen-bond acceptors (Lipinski definition) is 10. The fourth-order valence-electron chi connectivity index (χ4n) is 4.29. The summed E-state index contributed by atoms with van der Waals surface area (Å²) >= 11 is 0. The van der Waals surface area contributed by atoms with Crippen LogP contribution in [0.25, 0.3) is 10.9 Å². The number of nitrogens with zero attached hydrogens (tertiary/aromatic N) is 1. The highest BCUT2D eigenvalue weighted by atomic mass is 16.7. The fourth-order valence-corrected chi connectivity index (χ4v) is 4.29. The van der Waals surface area contributed by atoms with Gasteiger partial charge in [0.15, 0.2) is 12.5 Å². The number of fused-ring (bicyclic) bond motifs is 1. The monoisotopic (exact) mass is 469 g/mol. The summed E-state index contributed by atoms with van der Waals surface area (Å²) in [6.45, 7) is -0.914. The number of carboxylic acids is 1. The predicted octanol–water partition coefficient (Wildman–Crippen LogP) is -2.30. The van der Waals surface area contributed by atoms with Gasteiger partial charge in [0.2, 0.25) is 0 Å². The Morgan fingerprint density at radius 2 is 1.79 bits per heavy atom. The van der Waals surface area contributed by atoms with Crippen molar-refractivity contribution >= 4 is 16.9 Å². The number of ether oxygens (including phenoxy) is 3. The van der Waals surface area contributed by atoms with E-state index in [-0.39, 0.29) is 13.0 Å². The zero-order chi connectivity index (χ0) is 23.9. The molecule has 0 unspecified atom stereocenters. The van der Waals surface area contributed by atoms with E-state index in [9.17, 15) is 40.5 Å². The minimum absolute atomic E-state index is 0.249. The van der Waals surface area contributed by atoms with E-state index in [4.69, 9.17) is 14.2 Å². The standard InChI is InChI=1S/C21H27NO11/c23-7-13-16(28)17(29)18(30)21(32-13)33-19-15(27)12(24)8-31-20(19)22-6-9(5-14(25)26)10-3-1-2-4-11(10)22/h1-4,6,12-13,15-21,23-24,27-30H,5,7-8H2,(H,25,26)/t12-,13-,15-,16-,17+,18-,19+,20+,21+/m1/s1. The van der Waals surface area contributed by atoms with Gasteiger partial charge >= 0.3 is 5.97 Å². The largest absolute Gasteiger partial charge is 0.481 e. The van der Waals surface area contributed by atoms with Crippen LogP contribution in [0.4, 0.5) is 0 Å². The summed E-state index contributed by atoms with van der Waals surface area (Å²) in [7, 11) is 0. The van der Waals surface area contributed by atoms with Crippen molar-refractivity contribution in [2.75, 3.05) is 13.2 Å². The first-order valence-electron chi connectivity index (χ1n) is 10.5. The zero-order valence-electron chi connectivity index (χ0n) is 17.4. The second kappa shape index (κ2) is 9.62. The molecule has 2 fully saturated rings. The summed E-state index contributed by atoms with van der Waals surface area (Å²) in [5.41, 5.74) is 1.08. The van der Waals surface area contributed by atoms with Crippen LogP contribution in [0.1, 0.15) is 11.8 Å². The van der Waals surface area contributed by atoms with Gasteiger partial charge in [-0.2, -0.15) is 0 Å². The normalized spacial score (nSPS) is 37.3. The molecule has 12 nitrogen and oxygen atoms in total. The average Bonchev–Trinajstić information content (AvgIpc) is 3.14. The van der Waals surface area contributed by atoms with Gasteiger partial charge in [0.1, 0.15) is 42.7 Å². The third-order valence-electron chi connectivity index (χ3n) is 6.03. The molecule has 0 amide bonds. The molecule has 0 saturated carbocycles. The smallest absolute Gasteiger partial charge is 0.307 e. The van der Waals surface area contributed by atoms with E-state index in [1.807, 2.05) is 0 Å². The van der Waals surface area contributed by atoms with Gasteiger partial charge in [0, 0.05) is 11.6 Å². The van der Waals surface area contributed by atoms with Crippen LogP contribution in [-0.2, 0) is 25.4 Å². The van der Waals surface area contributed by atoms with E-state index >= 15 is 0 Å². The molecule has 12 heteroatoms. The van der Waals surface area contributed by atoms with Gasteiger partial charge < -0.3 is 54.5 Å². The van der Waals surface area contributed by atoms with Crippen LogP contribution in [-0.4, -0.2) is 109 Å². The van der Waals surface area contributed by atoms with Gasteiger partial charge in [-0.15, -0.1) is 0 Å². The minimum Gasteiger partial charge on any atom is -0.481 e. The molecule has 7 N–H and O–H groups in total. The Bertz CT molecular complexity index is 978. The van der Waals surface area contributed by atoms with Crippen molar-refractivity contribution in [2.45, 2.75) is 61.7 Å². The van der Waals surface area contributed by atoms with E-state index < -0.39 is 67.8 Å². The lowest BCUT2D eigenvalue weighted by molar-refractivity contribution is -0.341. The maximum absolute atomic E-state index is 11.3. The number of aromatic nitrogens is 1. The molecule has 182 valence electrons. The fraction of sp³-hybridized carbons (Fsp3) is 0.571. The number of benzene rings is 1. The second-order valence-corrected chi connectivity index (χ2v) is 8.23. The molecule has 0 bridgehead atoms. The summed E-state index contributed by atoms with van der Waals surface area (Å²) in [5, 5.41) is 70.5. The molecular formula is C21H27NO11. The van der Waals surface area contributed by atoms with Crippen molar-refractivity contribution in [3.05, 3.63) is 36.0 Å². The van der Waals surface area contributed by atoms with Gasteiger partial charge in [-0.05, 0) is 11.6 Å². The Hall–Kier alpha value is -2.13. The Labute approximate surface area is 187 Å². The first kappa shape index (κ1) is 24.0. The maximum atomic E-state index is 11.3. The summed E-state index contributed by atoms with van der Waals surface area (Å²) in [6, 6.07) is 6.96. The van der Waals surface area contributed by atoms with Gasteiger partial charge in [0.25, 0.3) is 0 Å². The minimum atomic E-state index is -1.72. The molecule has 0 spiro atoms. The molecule has 0 radical (unpaired) electrons. The number of carbonyl (C=O) groups is 1. The van der Waals surface area contributed by atoms with Crippen molar-refractivity contribution in [3.8, 4) is 0 Å². The van der Waals surface area contributed by atoms with E-state index in [1.54, 1.807) is 35.0 Å². The van der Waals surface area contributed by atoms with E-state index in [0.717, 1.165) is 0 Å². The van der Waals surface area contributed by atoms with E-state index in [2.05, 4.69) is 0 Å². The molecule has 1 aromatic carbocycles. The highest BCUT2D eigenvalue weighted by Gasteiger charge is 2.49. The summed E-state index contributed by atoms with van der Waals surface area (Å²) in [5.74, 6) is -1.04. The molecule has 4 rings (SSSR count). The van der Waals surface area contributed by atoms with Gasteiger partial charge in [-0.25, -0.2) is 0 Å². The van der Waals surface area contributed by atoms with Crippen LogP contribution < -0.4 is 0 Å². The molecule has 9 atom stereocenters. The topological polar surface area (TPSA) is 191 Å². The SMILES string of the molecule is O=C(O)Cc1cn([C@H]2OC[C@@H](O)[C@@H](O)[C@@H]2O[C@@H]2O[C@H](CO)[C@@H](O)[C@H](O)[C@H]2O)c2ccccc12. The van der Waals surface area contributed by atoms with Crippen molar-refractivity contribution < 1.29 is 54.8 Å². The van der Waals surface area contributed by atoms with E-state index in [1.165, 1.54) is 0 Å². The third-order valence-corrected chi connectivity index (χ3v) is 6.03. The Balaban J connectivity index is 1.69. The lowest BCUT2D eigenvalue weighted by atomic mass is 9.98. The quantitative estimate of drug-likeness (QED) is 0.241. The van der Waals surface area contributed by atoms with Gasteiger partial charge in [-0.1, -0.05) is 18.2 Å². The van der Waals surface area contributed by atoms with E-state index in [0.29, 0.717) is 16.5 Å². The first-order valence-corrected chi connectivity index (χ1v) is 10.5. The number of carboxylic acid groups (broad SMARTS) is 1. The van der Waals surface area contributed by atoms with Crippen molar-refractivity contribution in [2.24, 2.45) is 0 Å². The van der Waals surface area contributed by atoms with Crippen LogP contribution in [0, 0.1) is 0 Å². The molecule has 2 saturated heterocycles. The van der Waals surface area contributed by atoms with Crippen molar-refractivity contribution in [1.82, 2.24) is 4.57 Å². The molecular weight excluding hydrogens is 442 g/mol. The lowest BCUT2D eigenvalue weighted by Crippen LogP contribution is -2.62. The van der Waals surface area contributed by atoms with Crippen LogP contribution in [0.2, 0.25) is 0 Å². The lowest BCUT2D eigenvalue weighted by Gasteiger charge is -2.44. The maximum Gasteiger partial charge on any atom is 0.307 e. The third kappa shape index (κ3) is 4.49. The number of aliphatic hydroxyl groups excluding tert-OH is 6. The number of aliphatic hydroxyl groups is 6. The Morgan fingerprint density at radius 1 is 1.06 bits per heavy atom. The predicted molar refractivity (Wildman–Crippen MR) is 109 cm³/mol. The first-order chi connectivity index (χ1) is 15.7. The van der Waals surface area contributed by atoms with Crippen LogP contribution >= 0.6 is 0 Å². The highest BCUT2D eigenvalue weighted by molar-refractivity contribution is 5.87. The van der Waals surface area contributed by atoms with Crippen molar-refractivity contribution in [1.29, 1.82) is 0 Å². The molecule has 33 heavy (non-hydrogen) atoms. The molecule has 3 heterocycles. The number of rotatable bonds is 6. The number of para-hydroxylation sites is 1. The number of aliphatic carboxylic acids is 1.